The first-order valence-corrected chi connectivity index (χ1v) is 27.1. The number of benzene rings is 1. The van der Waals surface area contributed by atoms with Crippen LogP contribution in [0.1, 0.15) is 0 Å². The molecule has 0 spiro atoms. The van der Waals surface area contributed by atoms with Gasteiger partial charge in [0.1, 0.15) is 0 Å². The molecule has 0 amide bonds. The molecule has 0 radical (unpaired) electrons. The second kappa shape index (κ2) is 12.3. The molecule has 0 aliphatic rings. The highest BCUT2D eigenvalue weighted by atomic mass is 32.4. The Bertz CT molecular complexity index is 824. The Morgan fingerprint density at radius 1 is 0.793 bits per heavy atom. The lowest BCUT2D eigenvalue weighted by molar-refractivity contribution is 1.79. The van der Waals surface area contributed by atoms with Crippen molar-refractivity contribution in [3.8, 4) is 0 Å². The number of rotatable bonds is 11. The first-order valence-electron chi connectivity index (χ1n) is 9.39. The predicted octanol–water partition coefficient (Wildman–Crippen LogP) is 7.06. The van der Waals surface area contributed by atoms with Gasteiger partial charge in [-0.1, -0.05) is 79.8 Å². The number of hydrogen-bond donors (Lipinski definition) is 0. The maximum Gasteiger partial charge on any atom is 0.0261 e. The average molecular weight is 579 g/mol. The molecule has 0 aromatic heterocycles. The van der Waals surface area contributed by atoms with E-state index in [-0.39, 0.29) is 15.8 Å². The first-order chi connectivity index (χ1) is 13.0. The topological polar surface area (TPSA) is 0 Å². The van der Waals surface area contributed by atoms with Crippen molar-refractivity contribution < 1.29 is 0 Å². The summed E-state index contributed by atoms with van der Waals surface area (Å²) >= 11 is 23.7. The Kier molecular flexibility index (Phi) is 12.6. The Morgan fingerprint density at radius 3 is 1.62 bits per heavy atom. The molecule has 1 aromatic rings. The normalized spacial score (nSPS) is 14.4. The van der Waals surface area contributed by atoms with Crippen LogP contribution in [0.2, 0.25) is 0 Å². The lowest BCUT2D eigenvalue weighted by atomic mass is 10.4. The van der Waals surface area contributed by atoms with Crippen molar-refractivity contribution in [2.45, 2.75) is 0 Å². The summed E-state index contributed by atoms with van der Waals surface area (Å²) in [6.07, 6.45) is 0.956. The molecule has 1 atom stereocenters. The molecule has 1 rings (SSSR count). The Hall–Kier alpha value is 2.55. The largest absolute Gasteiger partial charge is 0.108 e. The van der Waals surface area contributed by atoms with E-state index in [1.807, 2.05) is 0 Å². The van der Waals surface area contributed by atoms with Gasteiger partial charge < -0.3 is 0 Å². The lowest BCUT2D eigenvalue weighted by Gasteiger charge is -2.31. The number of thiocarbonyl (C=S) groups is 1. The fourth-order valence-corrected chi connectivity index (χ4v) is 25.4. The Morgan fingerprint density at radius 2 is 1.24 bits per heavy atom. The summed E-state index contributed by atoms with van der Waals surface area (Å²) in [6, 6.07) is 5.18. The molecule has 1 unspecified atom stereocenters. The van der Waals surface area contributed by atoms with Crippen LogP contribution in [-0.4, -0.2) is 81.8 Å². The highest BCUT2D eigenvalue weighted by molar-refractivity contribution is 8.20. The van der Waals surface area contributed by atoms with Crippen LogP contribution in [0.4, 0.5) is 0 Å². The molecular formula is C19H36P6S4. The van der Waals surface area contributed by atoms with Crippen LogP contribution in [0, 0.1) is 0 Å². The van der Waals surface area contributed by atoms with E-state index < -0.39 is 26.0 Å². The molecule has 0 saturated heterocycles. The third-order valence-electron chi connectivity index (χ3n) is 3.78. The van der Waals surface area contributed by atoms with Crippen molar-refractivity contribution in [1.82, 2.24) is 0 Å². The van der Waals surface area contributed by atoms with Gasteiger partial charge in [-0.3, -0.25) is 0 Å². The Balaban J connectivity index is 3.52. The van der Waals surface area contributed by atoms with Gasteiger partial charge in [0.25, 0.3) is 0 Å². The van der Waals surface area contributed by atoms with Gasteiger partial charge in [-0.05, 0) is 95.9 Å². The van der Waals surface area contributed by atoms with E-state index in [0.717, 1.165) is 18.0 Å². The highest BCUT2D eigenvalue weighted by Crippen LogP contribution is 2.60. The molecular weight excluding hydrogens is 542 g/mol. The Labute approximate surface area is 204 Å². The van der Waals surface area contributed by atoms with Crippen molar-refractivity contribution in [2.75, 3.05) is 77.2 Å². The van der Waals surface area contributed by atoms with E-state index in [1.165, 1.54) is 15.8 Å². The van der Waals surface area contributed by atoms with Gasteiger partial charge in [0.2, 0.25) is 0 Å². The molecule has 0 fully saturated rings. The van der Waals surface area contributed by atoms with Crippen molar-refractivity contribution in [1.29, 1.82) is 0 Å². The molecule has 1 aromatic carbocycles. The van der Waals surface area contributed by atoms with Gasteiger partial charge in [0.05, 0.1) is 0 Å². The van der Waals surface area contributed by atoms with Crippen molar-refractivity contribution in [3.05, 3.63) is 24.3 Å². The summed E-state index contributed by atoms with van der Waals surface area (Å²) in [6.45, 7) is 18.4. The molecule has 0 aliphatic heterocycles. The zero-order valence-corrected chi connectivity index (χ0v) is 27.6. The van der Waals surface area contributed by atoms with Crippen LogP contribution in [-0.2, 0) is 35.4 Å². The molecule has 0 bridgehead atoms. The van der Waals surface area contributed by atoms with Gasteiger partial charge in [-0.25, -0.2) is 0 Å². The maximum atomic E-state index is 6.07. The smallest absolute Gasteiger partial charge is 0.0261 e. The van der Waals surface area contributed by atoms with Crippen LogP contribution in [0.25, 0.3) is 0 Å². The molecule has 29 heavy (non-hydrogen) atoms. The predicted molar refractivity (Wildman–Crippen MR) is 169 cm³/mol. The second-order valence-electron chi connectivity index (χ2n) is 9.23. The molecule has 0 N–H and O–H groups in total. The molecule has 0 nitrogen and oxygen atoms in total. The van der Waals surface area contributed by atoms with Crippen molar-refractivity contribution in [3.63, 3.8) is 0 Å². The summed E-state index contributed by atoms with van der Waals surface area (Å²) in [5.74, 6) is 3.55. The van der Waals surface area contributed by atoms with Gasteiger partial charge in [0, 0.05) is 22.6 Å². The van der Waals surface area contributed by atoms with Crippen LogP contribution >= 0.6 is 54.1 Å². The van der Waals surface area contributed by atoms with Crippen molar-refractivity contribution in [2.24, 2.45) is 0 Å². The highest BCUT2D eigenvalue weighted by Gasteiger charge is 2.27. The quantitative estimate of drug-likeness (QED) is 0.204. The van der Waals surface area contributed by atoms with E-state index >= 15 is 0 Å². The van der Waals surface area contributed by atoms with E-state index in [1.54, 1.807) is 5.30 Å². The molecule has 166 valence electrons. The first kappa shape index (κ1) is 29.6. The molecule has 0 heterocycles. The minimum absolute atomic E-state index is 0.0232. The third kappa shape index (κ3) is 12.5. The van der Waals surface area contributed by atoms with Crippen LogP contribution in [0.5, 0.6) is 0 Å². The maximum absolute atomic E-state index is 6.07. The summed E-state index contributed by atoms with van der Waals surface area (Å²) in [5, 5.41) is 3.06. The van der Waals surface area contributed by atoms with E-state index in [0.29, 0.717) is 0 Å². The van der Waals surface area contributed by atoms with Gasteiger partial charge in [-0.2, -0.15) is 0 Å². The lowest BCUT2D eigenvalue weighted by Crippen LogP contribution is -2.27. The average Bonchev–Trinajstić information content (AvgIpc) is 2.47. The van der Waals surface area contributed by atoms with Crippen molar-refractivity contribution >= 4 is 105 Å². The third-order valence-corrected chi connectivity index (χ3v) is 23.1. The SMILES string of the molecule is CP(C)CP(C(=S)CP(C)(C)=S)c1ccccc1P(CP(C)(C)=S)CP(C)(C)=S. The van der Waals surface area contributed by atoms with E-state index in [2.05, 4.69) is 77.6 Å². The summed E-state index contributed by atoms with van der Waals surface area (Å²) in [5.41, 5.74) is 0. The summed E-state index contributed by atoms with van der Waals surface area (Å²) < 4.78 is 1.24. The molecule has 10 heteroatoms. The molecule has 0 saturated carbocycles. The van der Waals surface area contributed by atoms with Gasteiger partial charge >= 0.3 is 0 Å². The van der Waals surface area contributed by atoms with E-state index in [4.69, 9.17) is 47.6 Å². The van der Waals surface area contributed by atoms with Crippen LogP contribution in [0.3, 0.4) is 0 Å². The van der Waals surface area contributed by atoms with Gasteiger partial charge in [-0.15, -0.1) is 7.92 Å². The fraction of sp³-hybridized carbons (Fsp3) is 0.632. The van der Waals surface area contributed by atoms with Crippen LogP contribution < -0.4 is 10.6 Å². The van der Waals surface area contributed by atoms with Gasteiger partial charge in [0.15, 0.2) is 0 Å². The van der Waals surface area contributed by atoms with Crippen LogP contribution in [0.15, 0.2) is 24.3 Å². The second-order valence-corrected chi connectivity index (χ2v) is 37.7. The fourth-order valence-electron chi connectivity index (χ4n) is 2.96. The van der Waals surface area contributed by atoms with E-state index in [9.17, 15) is 0 Å². The zero-order chi connectivity index (χ0) is 22.6. The summed E-state index contributed by atoms with van der Waals surface area (Å²) in [4.78, 5) is 0. The zero-order valence-electron chi connectivity index (χ0n) is 19.0. The minimum Gasteiger partial charge on any atom is -0.108 e. The standard InChI is InChI=1S/C19H36P6S4/c1-20(2)14-22(19(26)13-23(3,4)27)18-12-10-9-11-17(18)21(15-24(5,6)28)16-25(7,8)29/h9-12H,13-16H2,1-8H3. The summed E-state index contributed by atoms with van der Waals surface area (Å²) in [7, 11) is -0.817. The molecule has 0 aliphatic carbocycles. The monoisotopic (exact) mass is 578 g/mol. The minimum atomic E-state index is -1.35. The number of hydrogen-bond acceptors (Lipinski definition) is 4.